The molecule has 0 radical (unpaired) electrons. The molecule has 0 fully saturated rings. The van der Waals surface area contributed by atoms with E-state index in [0.29, 0.717) is 10.0 Å². The smallest absolute Gasteiger partial charge is 0.244 e. The molecule has 0 aliphatic carbocycles. The topological polar surface area (TPSA) is 49.3 Å². The lowest BCUT2D eigenvalue weighted by atomic mass is 10.1. The molecule has 0 saturated carbocycles. The monoisotopic (exact) mass is 287 g/mol. The first kappa shape index (κ1) is 15.0. The van der Waals surface area contributed by atoms with Gasteiger partial charge in [0.05, 0.1) is 15.6 Å². The van der Waals surface area contributed by atoms with Crippen molar-refractivity contribution in [2.75, 3.05) is 6.54 Å². The number of nitrogens with one attached hydrogen (secondary N) is 1. The fraction of sp³-hybridized carbons (Fsp3) is 0.308. The van der Waals surface area contributed by atoms with Gasteiger partial charge in [0.15, 0.2) is 0 Å². The van der Waals surface area contributed by atoms with Gasteiger partial charge in [-0.05, 0) is 37.6 Å². The van der Waals surface area contributed by atoms with E-state index in [1.807, 2.05) is 0 Å². The van der Waals surface area contributed by atoms with E-state index in [-0.39, 0.29) is 12.5 Å². The highest BCUT2D eigenvalue weighted by Crippen LogP contribution is 2.22. The van der Waals surface area contributed by atoms with Crippen molar-refractivity contribution < 1.29 is 9.90 Å². The van der Waals surface area contributed by atoms with Gasteiger partial charge in [-0.15, -0.1) is 0 Å². The van der Waals surface area contributed by atoms with Gasteiger partial charge < -0.3 is 10.4 Å². The molecule has 18 heavy (non-hydrogen) atoms. The van der Waals surface area contributed by atoms with E-state index in [4.69, 9.17) is 23.2 Å². The van der Waals surface area contributed by atoms with Crippen molar-refractivity contribution in [1.82, 2.24) is 5.32 Å². The molecule has 0 aliphatic rings. The number of hydrogen-bond donors (Lipinski definition) is 2. The Bertz CT molecular complexity index is 465. The molecule has 0 saturated heterocycles. The zero-order valence-electron chi connectivity index (χ0n) is 10.2. The Morgan fingerprint density at radius 3 is 2.61 bits per heavy atom. The Morgan fingerprint density at radius 2 is 2.06 bits per heavy atom. The van der Waals surface area contributed by atoms with E-state index in [9.17, 15) is 9.90 Å². The zero-order valence-corrected chi connectivity index (χ0v) is 11.7. The van der Waals surface area contributed by atoms with Crippen LogP contribution >= 0.6 is 23.2 Å². The van der Waals surface area contributed by atoms with Crippen LogP contribution in [0.1, 0.15) is 19.4 Å². The zero-order chi connectivity index (χ0) is 13.8. The lowest BCUT2D eigenvalue weighted by molar-refractivity contribution is -0.117. The van der Waals surface area contributed by atoms with Gasteiger partial charge in [-0.3, -0.25) is 4.79 Å². The average molecular weight is 288 g/mol. The Balaban J connectivity index is 2.58. The summed E-state index contributed by atoms with van der Waals surface area (Å²) in [5.74, 6) is -0.275. The highest BCUT2D eigenvalue weighted by molar-refractivity contribution is 6.42. The number of halogens is 2. The molecule has 0 heterocycles. The summed E-state index contributed by atoms with van der Waals surface area (Å²) in [5, 5.41) is 12.9. The maximum atomic E-state index is 11.4. The van der Waals surface area contributed by atoms with Crippen LogP contribution in [0.3, 0.4) is 0 Å². The van der Waals surface area contributed by atoms with Crippen LogP contribution in [0.5, 0.6) is 0 Å². The van der Waals surface area contributed by atoms with Gasteiger partial charge in [0.2, 0.25) is 5.91 Å². The van der Waals surface area contributed by atoms with E-state index >= 15 is 0 Å². The first-order valence-corrected chi connectivity index (χ1v) is 6.17. The molecule has 0 aromatic heterocycles. The predicted molar refractivity (Wildman–Crippen MR) is 74.8 cm³/mol. The van der Waals surface area contributed by atoms with Gasteiger partial charge in [0, 0.05) is 12.6 Å². The Kier molecular flexibility index (Phi) is 5.20. The molecular formula is C13H15Cl2NO2. The van der Waals surface area contributed by atoms with Gasteiger partial charge in [-0.2, -0.15) is 0 Å². The molecule has 1 amide bonds. The predicted octanol–water partition coefficient (Wildman–Crippen LogP) is 2.89. The van der Waals surface area contributed by atoms with Crippen LogP contribution in [-0.4, -0.2) is 23.2 Å². The maximum absolute atomic E-state index is 11.4. The molecule has 1 aromatic carbocycles. The van der Waals surface area contributed by atoms with Crippen LogP contribution in [0.2, 0.25) is 10.0 Å². The Labute approximate surface area is 116 Å². The fourth-order valence-electron chi connectivity index (χ4n) is 1.15. The molecular weight excluding hydrogens is 273 g/mol. The lowest BCUT2D eigenvalue weighted by Crippen LogP contribution is -2.37. The fourth-order valence-corrected chi connectivity index (χ4v) is 1.46. The highest BCUT2D eigenvalue weighted by atomic mass is 35.5. The van der Waals surface area contributed by atoms with Crippen LogP contribution in [0.25, 0.3) is 6.08 Å². The van der Waals surface area contributed by atoms with E-state index in [2.05, 4.69) is 5.32 Å². The average Bonchev–Trinajstić information content (AvgIpc) is 2.27. The number of rotatable bonds is 4. The summed E-state index contributed by atoms with van der Waals surface area (Å²) < 4.78 is 0. The van der Waals surface area contributed by atoms with E-state index in [1.165, 1.54) is 6.08 Å². The number of amides is 1. The number of carbonyl (C=O) groups excluding carboxylic acids is 1. The normalized spacial score (nSPS) is 11.8. The second kappa shape index (κ2) is 6.23. The third kappa shape index (κ3) is 5.54. The summed E-state index contributed by atoms with van der Waals surface area (Å²) in [4.78, 5) is 11.4. The molecule has 5 heteroatoms. The van der Waals surface area contributed by atoms with Crippen molar-refractivity contribution >= 4 is 35.2 Å². The van der Waals surface area contributed by atoms with Crippen LogP contribution < -0.4 is 5.32 Å². The molecule has 0 atom stereocenters. The van der Waals surface area contributed by atoms with Crippen molar-refractivity contribution in [1.29, 1.82) is 0 Å². The SMILES string of the molecule is CC(C)(O)CNC(=O)C=Cc1ccc(Cl)c(Cl)c1. The standard InChI is InChI=1S/C13H15Cl2NO2/c1-13(2,18)8-16-12(17)6-4-9-3-5-10(14)11(15)7-9/h3-7,18H,8H2,1-2H3,(H,16,17). The van der Waals surface area contributed by atoms with Gasteiger partial charge >= 0.3 is 0 Å². The molecule has 1 rings (SSSR count). The third-order valence-corrected chi connectivity index (χ3v) is 2.81. The summed E-state index contributed by atoms with van der Waals surface area (Å²) >= 11 is 11.6. The van der Waals surface area contributed by atoms with E-state index in [0.717, 1.165) is 5.56 Å². The molecule has 0 bridgehead atoms. The Morgan fingerprint density at radius 1 is 1.39 bits per heavy atom. The van der Waals surface area contributed by atoms with Crippen LogP contribution in [-0.2, 0) is 4.79 Å². The minimum atomic E-state index is -0.924. The number of aliphatic hydroxyl groups is 1. The second-order valence-corrected chi connectivity index (χ2v) is 5.35. The Hall–Kier alpha value is -1.03. The largest absolute Gasteiger partial charge is 0.389 e. The second-order valence-electron chi connectivity index (χ2n) is 4.54. The van der Waals surface area contributed by atoms with E-state index in [1.54, 1.807) is 38.1 Å². The van der Waals surface area contributed by atoms with Crippen molar-refractivity contribution in [3.63, 3.8) is 0 Å². The summed E-state index contributed by atoms with van der Waals surface area (Å²) in [5.41, 5.74) is -0.143. The summed E-state index contributed by atoms with van der Waals surface area (Å²) in [6, 6.07) is 5.09. The quantitative estimate of drug-likeness (QED) is 0.837. The molecule has 2 N–H and O–H groups in total. The molecule has 0 spiro atoms. The summed E-state index contributed by atoms with van der Waals surface area (Å²) in [7, 11) is 0. The van der Waals surface area contributed by atoms with Crippen LogP contribution in [0.4, 0.5) is 0 Å². The molecule has 98 valence electrons. The first-order chi connectivity index (χ1) is 8.28. The molecule has 0 unspecified atom stereocenters. The van der Waals surface area contributed by atoms with Crippen molar-refractivity contribution in [2.24, 2.45) is 0 Å². The molecule has 3 nitrogen and oxygen atoms in total. The highest BCUT2D eigenvalue weighted by Gasteiger charge is 2.12. The van der Waals surface area contributed by atoms with Gasteiger partial charge in [0.1, 0.15) is 0 Å². The van der Waals surface area contributed by atoms with Crippen LogP contribution in [0.15, 0.2) is 24.3 Å². The minimum Gasteiger partial charge on any atom is -0.389 e. The maximum Gasteiger partial charge on any atom is 0.244 e. The van der Waals surface area contributed by atoms with Crippen molar-refractivity contribution in [2.45, 2.75) is 19.4 Å². The van der Waals surface area contributed by atoms with Gasteiger partial charge in [0.25, 0.3) is 0 Å². The summed E-state index contributed by atoms with van der Waals surface area (Å²) in [6.45, 7) is 3.43. The number of carbonyl (C=O) groups is 1. The number of benzene rings is 1. The minimum absolute atomic E-state index is 0.192. The third-order valence-electron chi connectivity index (χ3n) is 2.07. The van der Waals surface area contributed by atoms with E-state index < -0.39 is 5.60 Å². The molecule has 0 aliphatic heterocycles. The number of hydrogen-bond acceptors (Lipinski definition) is 2. The van der Waals surface area contributed by atoms with Gasteiger partial charge in [-0.1, -0.05) is 29.3 Å². The molecule has 1 aromatic rings. The first-order valence-electron chi connectivity index (χ1n) is 5.41. The van der Waals surface area contributed by atoms with Crippen molar-refractivity contribution in [3.05, 3.63) is 39.9 Å². The van der Waals surface area contributed by atoms with Crippen LogP contribution in [0, 0.1) is 0 Å². The summed E-state index contributed by atoms with van der Waals surface area (Å²) in [6.07, 6.45) is 3.01. The van der Waals surface area contributed by atoms with Gasteiger partial charge in [-0.25, -0.2) is 0 Å². The lowest BCUT2D eigenvalue weighted by Gasteiger charge is -2.16. The van der Waals surface area contributed by atoms with Crippen molar-refractivity contribution in [3.8, 4) is 0 Å².